The van der Waals surface area contributed by atoms with E-state index in [4.69, 9.17) is 4.74 Å². The smallest absolute Gasteiger partial charge is 0.246 e. The second-order valence-electron chi connectivity index (χ2n) is 11.9. The molecule has 2 aliphatic rings. The van der Waals surface area contributed by atoms with E-state index in [0.29, 0.717) is 19.4 Å². The Bertz CT molecular complexity index is 1280. The SMILES string of the molecule is C[C@@H]1[C@@H]([Si](C)(C)F)[C@H](CCn2cc(C(CO)c3ccccc3)nn2)O[C@@H]1CCc1cccc(N2CCCC2=O)c1. The number of halogens is 1. The van der Waals surface area contributed by atoms with E-state index in [1.54, 1.807) is 17.8 Å². The first-order valence-corrected chi connectivity index (χ1v) is 17.5. The molecule has 214 valence electrons. The van der Waals surface area contributed by atoms with Gasteiger partial charge in [-0.25, -0.2) is 0 Å². The van der Waals surface area contributed by atoms with Crippen LogP contribution < -0.4 is 4.90 Å². The van der Waals surface area contributed by atoms with Gasteiger partial charge in [0.05, 0.1) is 30.4 Å². The highest BCUT2D eigenvalue weighted by molar-refractivity contribution is 6.72. The van der Waals surface area contributed by atoms with Crippen LogP contribution in [0.2, 0.25) is 18.6 Å². The van der Waals surface area contributed by atoms with Crippen LogP contribution in [0, 0.1) is 5.92 Å². The van der Waals surface area contributed by atoms with Gasteiger partial charge in [-0.05, 0) is 68.0 Å². The van der Waals surface area contributed by atoms with Crippen LogP contribution >= 0.6 is 0 Å². The molecule has 5 rings (SSSR count). The van der Waals surface area contributed by atoms with Crippen LogP contribution in [0.15, 0.2) is 60.8 Å². The summed E-state index contributed by atoms with van der Waals surface area (Å²) in [6.07, 6.45) is 5.53. The van der Waals surface area contributed by atoms with Crippen LogP contribution in [0.4, 0.5) is 9.80 Å². The number of benzene rings is 2. The maximum atomic E-state index is 15.6. The predicted molar refractivity (Wildman–Crippen MR) is 157 cm³/mol. The zero-order valence-electron chi connectivity index (χ0n) is 23.7. The summed E-state index contributed by atoms with van der Waals surface area (Å²) in [5, 5.41) is 18.6. The van der Waals surface area contributed by atoms with E-state index in [1.165, 1.54) is 5.56 Å². The summed E-state index contributed by atoms with van der Waals surface area (Å²) in [6.45, 7) is 7.05. The van der Waals surface area contributed by atoms with E-state index in [-0.39, 0.29) is 42.1 Å². The maximum absolute atomic E-state index is 15.6. The number of hydrogen-bond acceptors (Lipinski definition) is 5. The van der Waals surface area contributed by atoms with Gasteiger partial charge >= 0.3 is 0 Å². The molecule has 9 heteroatoms. The Morgan fingerprint density at radius 1 is 1.12 bits per heavy atom. The number of amides is 1. The molecule has 0 saturated carbocycles. The number of carbonyl (C=O) groups excluding carboxylic acids is 1. The van der Waals surface area contributed by atoms with Gasteiger partial charge in [-0.2, -0.15) is 0 Å². The van der Waals surface area contributed by atoms with E-state index in [1.807, 2.05) is 53.6 Å². The third-order valence-corrected chi connectivity index (χ3v) is 11.1. The summed E-state index contributed by atoms with van der Waals surface area (Å²) in [6, 6.07) is 18.0. The normalized spacial score (nSPS) is 24.1. The molecule has 40 heavy (non-hydrogen) atoms. The molecule has 0 radical (unpaired) electrons. The zero-order chi connectivity index (χ0) is 28.3. The minimum absolute atomic E-state index is 0.0160. The number of hydrogen-bond donors (Lipinski definition) is 1. The largest absolute Gasteiger partial charge is 0.395 e. The summed E-state index contributed by atoms with van der Waals surface area (Å²) in [5.74, 6) is 0.0921. The molecule has 2 fully saturated rings. The lowest BCUT2D eigenvalue weighted by Gasteiger charge is -2.28. The van der Waals surface area contributed by atoms with Gasteiger partial charge in [0.1, 0.15) is 0 Å². The van der Waals surface area contributed by atoms with E-state index in [0.717, 1.165) is 42.8 Å². The van der Waals surface area contributed by atoms with Gasteiger partial charge in [0.25, 0.3) is 0 Å². The van der Waals surface area contributed by atoms with Gasteiger partial charge in [0, 0.05) is 36.9 Å². The Morgan fingerprint density at radius 3 is 2.62 bits per heavy atom. The molecular weight excluding hydrogens is 523 g/mol. The average Bonchev–Trinajstić information content (AvgIpc) is 3.66. The van der Waals surface area contributed by atoms with Crippen molar-refractivity contribution in [3.05, 3.63) is 77.6 Å². The fraction of sp³-hybridized carbons (Fsp3) is 0.516. The van der Waals surface area contributed by atoms with Crippen LogP contribution in [0.3, 0.4) is 0 Å². The Kier molecular flexibility index (Phi) is 8.82. The van der Waals surface area contributed by atoms with Crippen molar-refractivity contribution in [2.45, 2.75) is 82.3 Å². The van der Waals surface area contributed by atoms with E-state index < -0.39 is 8.41 Å². The van der Waals surface area contributed by atoms with E-state index >= 15 is 4.11 Å². The molecule has 1 amide bonds. The number of rotatable bonds is 11. The van der Waals surface area contributed by atoms with Gasteiger partial charge in [-0.15, -0.1) is 5.10 Å². The van der Waals surface area contributed by atoms with Crippen molar-refractivity contribution in [2.75, 3.05) is 18.1 Å². The lowest BCUT2D eigenvalue weighted by atomic mass is 9.95. The number of anilines is 1. The molecule has 2 aliphatic heterocycles. The van der Waals surface area contributed by atoms with E-state index in [9.17, 15) is 9.90 Å². The quantitative estimate of drug-likeness (QED) is 0.246. The lowest BCUT2D eigenvalue weighted by molar-refractivity contribution is -0.117. The summed E-state index contributed by atoms with van der Waals surface area (Å²) in [5.41, 5.74) is 3.77. The summed E-state index contributed by atoms with van der Waals surface area (Å²) in [7, 11) is -2.98. The number of carbonyl (C=O) groups is 1. The number of ether oxygens (including phenoxy) is 1. The Hall–Kier alpha value is -2.88. The maximum Gasteiger partial charge on any atom is 0.246 e. The van der Waals surface area contributed by atoms with Gasteiger partial charge in [0.15, 0.2) is 0 Å². The molecule has 2 aromatic carbocycles. The minimum Gasteiger partial charge on any atom is -0.395 e. The van der Waals surface area contributed by atoms with Crippen molar-refractivity contribution in [1.82, 2.24) is 15.0 Å². The van der Waals surface area contributed by atoms with Crippen LogP contribution in [-0.4, -0.2) is 59.8 Å². The monoisotopic (exact) mass is 564 g/mol. The second-order valence-corrected chi connectivity index (χ2v) is 15.7. The van der Waals surface area contributed by atoms with Crippen LogP contribution in [0.25, 0.3) is 0 Å². The lowest BCUT2D eigenvalue weighted by Crippen LogP contribution is -2.36. The molecule has 3 aromatic rings. The van der Waals surface area contributed by atoms with Gasteiger partial charge in [0.2, 0.25) is 14.3 Å². The molecule has 1 N–H and O–H groups in total. The summed E-state index contributed by atoms with van der Waals surface area (Å²) >= 11 is 0. The van der Waals surface area contributed by atoms with Crippen molar-refractivity contribution in [3.63, 3.8) is 0 Å². The highest BCUT2D eigenvalue weighted by Gasteiger charge is 2.50. The third kappa shape index (κ3) is 6.37. The number of aryl methyl sites for hydroxylation is 2. The number of nitrogens with zero attached hydrogens (tertiary/aromatic N) is 4. The standard InChI is InChI=1S/C31H41FN4O3Si/c1-22-28(15-14-23-9-7-12-25(19-23)36-17-8-13-30(36)38)39-29(31(22)40(2,3)32)16-18-35-20-27(33-34-35)26(21-37)24-10-5-4-6-11-24/h4-7,9-12,19-20,22,26,28-29,31,37H,8,13-18,21H2,1-3H3/t22-,26?,28+,29-,31+/m0/s1. The van der Waals surface area contributed by atoms with Crippen LogP contribution in [0.5, 0.6) is 0 Å². The summed E-state index contributed by atoms with van der Waals surface area (Å²) in [4.78, 5) is 14.1. The zero-order valence-corrected chi connectivity index (χ0v) is 24.7. The molecule has 5 atom stereocenters. The molecular formula is C31H41FN4O3Si. The van der Waals surface area contributed by atoms with Crippen molar-refractivity contribution in [2.24, 2.45) is 5.92 Å². The van der Waals surface area contributed by atoms with Crippen molar-refractivity contribution >= 4 is 20.0 Å². The molecule has 0 bridgehead atoms. The molecule has 1 unspecified atom stereocenters. The van der Waals surface area contributed by atoms with Gasteiger partial charge < -0.3 is 18.9 Å². The van der Waals surface area contributed by atoms with Crippen molar-refractivity contribution in [1.29, 1.82) is 0 Å². The fourth-order valence-electron chi connectivity index (χ4n) is 6.66. The predicted octanol–water partition coefficient (Wildman–Crippen LogP) is 5.50. The van der Waals surface area contributed by atoms with Crippen LogP contribution in [0.1, 0.15) is 55.3 Å². The molecule has 1 aromatic heterocycles. The third-order valence-electron chi connectivity index (χ3n) is 8.65. The fourth-order valence-corrected chi connectivity index (χ4v) is 9.25. The minimum atomic E-state index is -2.98. The Balaban J connectivity index is 1.22. The number of aromatic nitrogens is 3. The Labute approximate surface area is 237 Å². The Morgan fingerprint density at radius 2 is 1.93 bits per heavy atom. The highest BCUT2D eigenvalue weighted by Crippen LogP contribution is 2.47. The molecule has 2 saturated heterocycles. The molecule has 3 heterocycles. The first-order valence-electron chi connectivity index (χ1n) is 14.5. The first kappa shape index (κ1) is 28.6. The first-order chi connectivity index (χ1) is 19.2. The molecule has 7 nitrogen and oxygen atoms in total. The van der Waals surface area contributed by atoms with Crippen molar-refractivity contribution < 1.29 is 18.7 Å². The van der Waals surface area contributed by atoms with Gasteiger partial charge in [-0.1, -0.05) is 54.6 Å². The van der Waals surface area contributed by atoms with Crippen molar-refractivity contribution in [3.8, 4) is 0 Å². The highest BCUT2D eigenvalue weighted by atomic mass is 28.4. The van der Waals surface area contributed by atoms with Crippen LogP contribution in [-0.2, 0) is 22.5 Å². The molecule has 0 spiro atoms. The summed E-state index contributed by atoms with van der Waals surface area (Å²) < 4.78 is 24.0. The molecule has 0 aliphatic carbocycles. The van der Waals surface area contributed by atoms with E-state index in [2.05, 4.69) is 29.4 Å². The number of aliphatic hydroxyl groups is 1. The second kappa shape index (κ2) is 12.3. The average molecular weight is 565 g/mol. The topological polar surface area (TPSA) is 80.5 Å². The number of aliphatic hydroxyl groups excluding tert-OH is 1. The van der Waals surface area contributed by atoms with Gasteiger partial charge in [-0.3, -0.25) is 9.48 Å².